The van der Waals surface area contributed by atoms with E-state index in [2.05, 4.69) is 66.2 Å². The molecule has 0 radical (unpaired) electrons. The number of aryl methyl sites for hydroxylation is 1. The zero-order valence-electron chi connectivity index (χ0n) is 15.5. The highest BCUT2D eigenvalue weighted by molar-refractivity contribution is 8.17. The predicted octanol–water partition coefficient (Wildman–Crippen LogP) is 6.66. The summed E-state index contributed by atoms with van der Waals surface area (Å²) in [6.45, 7) is 2.11. The second-order valence-electron chi connectivity index (χ2n) is 6.65. The number of hydrogen-bond acceptors (Lipinski definition) is 2. The second kappa shape index (κ2) is 8.55. The number of hydrogen-bond donors (Lipinski definition) is 1. The number of benzene rings is 3. The Morgan fingerprint density at radius 1 is 0.893 bits per heavy atom. The van der Waals surface area contributed by atoms with Crippen molar-refractivity contribution in [1.82, 2.24) is 0 Å². The smallest absolute Gasteiger partial charge is 0.198 e. The van der Waals surface area contributed by atoms with Crippen LogP contribution in [0.2, 0.25) is 0 Å². The molecule has 3 aromatic carbocycles. The van der Waals surface area contributed by atoms with E-state index in [1.165, 1.54) is 22.3 Å². The van der Waals surface area contributed by atoms with Gasteiger partial charge in [0.05, 0.1) is 11.0 Å². The number of allylic oxidation sites excluding steroid dienone is 1. The van der Waals surface area contributed by atoms with Crippen LogP contribution < -0.4 is 5.32 Å². The van der Waals surface area contributed by atoms with E-state index < -0.39 is 0 Å². The van der Waals surface area contributed by atoms with E-state index in [1.54, 1.807) is 11.8 Å². The number of rotatable bonds is 3. The van der Waals surface area contributed by atoms with Crippen molar-refractivity contribution >= 4 is 45.4 Å². The highest BCUT2D eigenvalue weighted by Crippen LogP contribution is 2.44. The lowest BCUT2D eigenvalue weighted by atomic mass is 9.88. The summed E-state index contributed by atoms with van der Waals surface area (Å²) in [6.07, 6.45) is 0. The number of nitrogens with one attached hydrogen (secondary N) is 1. The van der Waals surface area contributed by atoms with Crippen molar-refractivity contribution in [3.8, 4) is 0 Å². The maximum atomic E-state index is 5.52. The molecule has 2 nitrogen and oxygen atoms in total. The number of aliphatic imine (C=N–C) groups is 1. The lowest BCUT2D eigenvalue weighted by Crippen LogP contribution is -2.13. The van der Waals surface area contributed by atoms with Gasteiger partial charge >= 0.3 is 0 Å². The van der Waals surface area contributed by atoms with Crippen LogP contribution in [0.25, 0.3) is 5.57 Å². The first-order valence-corrected chi connectivity index (χ1v) is 10.4. The van der Waals surface area contributed by atoms with Crippen LogP contribution in [-0.4, -0.2) is 10.2 Å². The third kappa shape index (κ3) is 4.24. The molecule has 4 heteroatoms. The lowest BCUT2D eigenvalue weighted by molar-refractivity contribution is 1.18. The standard InChI is InChI=1S/C24H20N2S2/c1-17-12-14-19(15-13-17)22-21(18-8-4-2-5-9-18)16-28-23(22)26-24(27)25-20-10-6-3-7-11-20/h2-16,22H,1H3,(H,25,27)/b26-23+. The van der Waals surface area contributed by atoms with Crippen LogP contribution in [0.1, 0.15) is 22.6 Å². The second-order valence-corrected chi connectivity index (χ2v) is 7.92. The van der Waals surface area contributed by atoms with Crippen LogP contribution in [0.15, 0.2) is 95.3 Å². The summed E-state index contributed by atoms with van der Waals surface area (Å²) in [4.78, 5) is 4.78. The monoisotopic (exact) mass is 400 g/mol. The third-order valence-electron chi connectivity index (χ3n) is 4.62. The summed E-state index contributed by atoms with van der Waals surface area (Å²) < 4.78 is 0. The SMILES string of the molecule is Cc1ccc(C2C(c3ccccc3)=CS/C2=N/C(=S)Nc2ccccc2)cc1. The maximum Gasteiger partial charge on any atom is 0.198 e. The Bertz CT molecular complexity index is 1020. The molecule has 0 aliphatic carbocycles. The molecule has 1 aliphatic heterocycles. The Hall–Kier alpha value is -2.69. The topological polar surface area (TPSA) is 24.4 Å². The number of nitrogens with zero attached hydrogens (tertiary/aromatic N) is 1. The van der Waals surface area contributed by atoms with Crippen molar-refractivity contribution in [2.24, 2.45) is 4.99 Å². The molecule has 1 heterocycles. The van der Waals surface area contributed by atoms with E-state index in [1.807, 2.05) is 36.4 Å². The van der Waals surface area contributed by atoms with Crippen molar-refractivity contribution in [2.75, 3.05) is 5.32 Å². The molecule has 0 spiro atoms. The normalized spacial score (nSPS) is 17.4. The van der Waals surface area contributed by atoms with Crippen LogP contribution >= 0.6 is 24.0 Å². The first-order valence-electron chi connectivity index (χ1n) is 9.14. The zero-order valence-corrected chi connectivity index (χ0v) is 17.1. The fourth-order valence-electron chi connectivity index (χ4n) is 3.20. The van der Waals surface area contributed by atoms with E-state index in [9.17, 15) is 0 Å². The van der Waals surface area contributed by atoms with Gasteiger partial charge in [-0.05, 0) is 53.4 Å². The van der Waals surface area contributed by atoms with Crippen LogP contribution in [0.5, 0.6) is 0 Å². The first kappa shape index (κ1) is 18.7. The fraction of sp³-hybridized carbons (Fsp3) is 0.0833. The first-order chi connectivity index (χ1) is 13.7. The van der Waals surface area contributed by atoms with Crippen molar-refractivity contribution in [1.29, 1.82) is 0 Å². The van der Waals surface area contributed by atoms with Crippen molar-refractivity contribution in [3.05, 3.63) is 107 Å². The van der Waals surface area contributed by atoms with Gasteiger partial charge in [-0.25, -0.2) is 4.99 Å². The van der Waals surface area contributed by atoms with Crippen LogP contribution in [0.4, 0.5) is 5.69 Å². The summed E-state index contributed by atoms with van der Waals surface area (Å²) in [7, 11) is 0. The van der Waals surface area contributed by atoms with Crippen molar-refractivity contribution in [2.45, 2.75) is 12.8 Å². The number of anilines is 1. The molecule has 1 N–H and O–H groups in total. The predicted molar refractivity (Wildman–Crippen MR) is 126 cm³/mol. The quantitative estimate of drug-likeness (QED) is 0.497. The van der Waals surface area contributed by atoms with Crippen LogP contribution in [0, 0.1) is 6.92 Å². The van der Waals surface area contributed by atoms with Gasteiger partial charge in [-0.15, -0.1) is 0 Å². The molecule has 0 saturated heterocycles. The third-order valence-corrected chi connectivity index (χ3v) is 5.75. The molecule has 1 unspecified atom stereocenters. The molecule has 0 bridgehead atoms. The molecule has 0 saturated carbocycles. The van der Waals surface area contributed by atoms with Gasteiger partial charge < -0.3 is 5.32 Å². The molecule has 4 rings (SSSR count). The highest BCUT2D eigenvalue weighted by Gasteiger charge is 2.29. The van der Waals surface area contributed by atoms with Gasteiger partial charge in [-0.2, -0.15) is 0 Å². The van der Waals surface area contributed by atoms with E-state index in [0.29, 0.717) is 5.11 Å². The number of para-hydroxylation sites is 1. The van der Waals surface area contributed by atoms with Gasteiger partial charge in [0.25, 0.3) is 0 Å². The fourth-order valence-corrected chi connectivity index (χ4v) is 4.54. The minimum absolute atomic E-state index is 0.0866. The van der Waals surface area contributed by atoms with E-state index in [0.717, 1.165) is 10.7 Å². The van der Waals surface area contributed by atoms with Crippen LogP contribution in [-0.2, 0) is 0 Å². The summed E-state index contributed by atoms with van der Waals surface area (Å²) >= 11 is 7.17. The van der Waals surface area contributed by atoms with Gasteiger partial charge in [0.15, 0.2) is 5.11 Å². The Morgan fingerprint density at radius 2 is 1.54 bits per heavy atom. The molecule has 138 valence electrons. The molecule has 0 aromatic heterocycles. The lowest BCUT2D eigenvalue weighted by Gasteiger charge is -2.17. The summed E-state index contributed by atoms with van der Waals surface area (Å²) in [5.74, 6) is 0.0866. The molecule has 28 heavy (non-hydrogen) atoms. The zero-order chi connectivity index (χ0) is 19.3. The largest absolute Gasteiger partial charge is 0.331 e. The van der Waals surface area contributed by atoms with Gasteiger partial charge in [0.1, 0.15) is 0 Å². The van der Waals surface area contributed by atoms with Gasteiger partial charge in [0.2, 0.25) is 0 Å². The number of thiocarbonyl (C=S) groups is 1. The molecule has 0 fully saturated rings. The Balaban J connectivity index is 1.66. The molecule has 3 aromatic rings. The van der Waals surface area contributed by atoms with Gasteiger partial charge in [-0.1, -0.05) is 90.1 Å². The number of thioether (sulfide) groups is 1. The van der Waals surface area contributed by atoms with Gasteiger partial charge in [-0.3, -0.25) is 0 Å². The van der Waals surface area contributed by atoms with E-state index in [-0.39, 0.29) is 5.92 Å². The van der Waals surface area contributed by atoms with E-state index >= 15 is 0 Å². The summed E-state index contributed by atoms with van der Waals surface area (Å²) in [6, 6.07) is 29.1. The van der Waals surface area contributed by atoms with Crippen molar-refractivity contribution in [3.63, 3.8) is 0 Å². The molecule has 1 atom stereocenters. The summed E-state index contributed by atoms with van der Waals surface area (Å²) in [5, 5.41) is 6.89. The maximum absolute atomic E-state index is 5.52. The summed E-state index contributed by atoms with van der Waals surface area (Å²) in [5.41, 5.74) is 5.90. The highest BCUT2D eigenvalue weighted by atomic mass is 32.2. The van der Waals surface area contributed by atoms with E-state index in [4.69, 9.17) is 17.2 Å². The molecular weight excluding hydrogens is 380 g/mol. The molecule has 1 aliphatic rings. The Kier molecular flexibility index (Phi) is 5.70. The molecule has 0 amide bonds. The van der Waals surface area contributed by atoms with Gasteiger partial charge in [0, 0.05) is 5.69 Å². The average Bonchev–Trinajstić information content (AvgIpc) is 3.13. The average molecular weight is 401 g/mol. The minimum Gasteiger partial charge on any atom is -0.331 e. The van der Waals surface area contributed by atoms with Crippen molar-refractivity contribution < 1.29 is 0 Å². The van der Waals surface area contributed by atoms with Crippen LogP contribution in [0.3, 0.4) is 0 Å². The molecular formula is C24H20N2S2. The Morgan fingerprint density at radius 3 is 2.21 bits per heavy atom. The minimum atomic E-state index is 0.0866. The Labute approximate surface area is 175 Å².